The summed E-state index contributed by atoms with van der Waals surface area (Å²) in [7, 11) is 0. The Morgan fingerprint density at radius 3 is 2.39 bits per heavy atom. The fraction of sp³-hybridized carbons (Fsp3) is 0.538. The summed E-state index contributed by atoms with van der Waals surface area (Å²) >= 11 is 0. The third-order valence-electron chi connectivity index (χ3n) is 2.82. The van der Waals surface area contributed by atoms with Gasteiger partial charge in [-0.05, 0) is 24.9 Å². The van der Waals surface area contributed by atoms with Crippen LogP contribution in [0.25, 0.3) is 0 Å². The molecular weight excluding hydrogens is 232 g/mol. The molecular formula is C13H20N2O3. The molecule has 0 aliphatic carbocycles. The molecule has 5 nitrogen and oxygen atoms in total. The minimum Gasteiger partial charge on any atom is -0.395 e. The van der Waals surface area contributed by atoms with Crippen LogP contribution in [0.4, 0.5) is 5.69 Å². The van der Waals surface area contributed by atoms with Crippen LogP contribution in [0.3, 0.4) is 0 Å². The van der Waals surface area contributed by atoms with Crippen LogP contribution < -0.4 is 0 Å². The Morgan fingerprint density at radius 2 is 1.89 bits per heavy atom. The summed E-state index contributed by atoms with van der Waals surface area (Å²) in [4.78, 5) is 12.3. The second-order valence-corrected chi connectivity index (χ2v) is 4.24. The zero-order chi connectivity index (χ0) is 13.4. The molecule has 0 heterocycles. The molecule has 0 radical (unpaired) electrons. The van der Waals surface area contributed by atoms with Gasteiger partial charge in [0.1, 0.15) is 0 Å². The minimum absolute atomic E-state index is 0.125. The number of hydrogen-bond donors (Lipinski definition) is 1. The number of non-ortho nitro benzene ring substituents is 1. The maximum Gasteiger partial charge on any atom is 0.269 e. The van der Waals surface area contributed by atoms with Crippen molar-refractivity contribution in [3.05, 3.63) is 39.9 Å². The van der Waals surface area contributed by atoms with E-state index < -0.39 is 0 Å². The van der Waals surface area contributed by atoms with E-state index in [0.717, 1.165) is 31.5 Å². The lowest BCUT2D eigenvalue weighted by Crippen LogP contribution is -2.29. The van der Waals surface area contributed by atoms with Crippen LogP contribution in [-0.2, 0) is 6.42 Å². The Kier molecular flexibility index (Phi) is 6.32. The van der Waals surface area contributed by atoms with Gasteiger partial charge in [-0.2, -0.15) is 0 Å². The van der Waals surface area contributed by atoms with Gasteiger partial charge in [0.15, 0.2) is 0 Å². The molecule has 0 spiro atoms. The predicted molar refractivity (Wildman–Crippen MR) is 70.6 cm³/mol. The standard InChI is InChI=1S/C13H20N2O3/c1-2-8-14(10-11-16)9-7-12-3-5-13(6-4-12)15(17)18/h3-6,16H,2,7-11H2,1H3. The Bertz CT molecular complexity index is 359. The van der Waals surface area contributed by atoms with E-state index in [1.807, 2.05) is 0 Å². The van der Waals surface area contributed by atoms with Gasteiger partial charge in [-0.3, -0.25) is 10.1 Å². The van der Waals surface area contributed by atoms with E-state index in [4.69, 9.17) is 5.11 Å². The molecule has 18 heavy (non-hydrogen) atoms. The third-order valence-corrected chi connectivity index (χ3v) is 2.82. The Hall–Kier alpha value is -1.46. The first-order valence-electron chi connectivity index (χ1n) is 6.24. The first kappa shape index (κ1) is 14.6. The summed E-state index contributed by atoms with van der Waals surface area (Å²) in [5, 5.41) is 19.5. The second-order valence-electron chi connectivity index (χ2n) is 4.24. The van der Waals surface area contributed by atoms with E-state index >= 15 is 0 Å². The lowest BCUT2D eigenvalue weighted by atomic mass is 10.1. The molecule has 100 valence electrons. The molecule has 5 heteroatoms. The average molecular weight is 252 g/mol. The molecule has 1 rings (SSSR count). The molecule has 0 amide bonds. The average Bonchev–Trinajstić information content (AvgIpc) is 2.37. The van der Waals surface area contributed by atoms with Crippen LogP contribution in [0.1, 0.15) is 18.9 Å². The van der Waals surface area contributed by atoms with E-state index in [0.29, 0.717) is 6.54 Å². The van der Waals surface area contributed by atoms with Crippen molar-refractivity contribution in [1.82, 2.24) is 4.90 Å². The smallest absolute Gasteiger partial charge is 0.269 e. The van der Waals surface area contributed by atoms with Gasteiger partial charge in [0.2, 0.25) is 0 Å². The highest BCUT2D eigenvalue weighted by atomic mass is 16.6. The zero-order valence-corrected chi connectivity index (χ0v) is 10.7. The monoisotopic (exact) mass is 252 g/mol. The van der Waals surface area contributed by atoms with E-state index in [2.05, 4.69) is 11.8 Å². The van der Waals surface area contributed by atoms with Crippen molar-refractivity contribution in [2.24, 2.45) is 0 Å². The van der Waals surface area contributed by atoms with Gasteiger partial charge in [-0.15, -0.1) is 0 Å². The highest BCUT2D eigenvalue weighted by molar-refractivity contribution is 5.32. The van der Waals surface area contributed by atoms with Crippen LogP contribution in [-0.4, -0.2) is 41.2 Å². The molecule has 0 unspecified atom stereocenters. The Labute approximate surface area is 107 Å². The normalized spacial score (nSPS) is 10.8. The van der Waals surface area contributed by atoms with Gasteiger partial charge in [0.25, 0.3) is 5.69 Å². The van der Waals surface area contributed by atoms with Crippen LogP contribution in [0.15, 0.2) is 24.3 Å². The molecule has 0 atom stereocenters. The lowest BCUT2D eigenvalue weighted by Gasteiger charge is -2.20. The molecule has 0 aromatic heterocycles. The fourth-order valence-corrected chi connectivity index (χ4v) is 1.86. The summed E-state index contributed by atoms with van der Waals surface area (Å²) in [6.45, 7) is 4.79. The number of benzene rings is 1. The largest absolute Gasteiger partial charge is 0.395 e. The summed E-state index contributed by atoms with van der Waals surface area (Å²) in [6, 6.07) is 6.65. The first-order valence-corrected chi connectivity index (χ1v) is 6.24. The predicted octanol–water partition coefficient (Wildman–Crippen LogP) is 1.84. The molecule has 0 fully saturated rings. The van der Waals surface area contributed by atoms with Gasteiger partial charge in [-0.1, -0.05) is 19.1 Å². The first-order chi connectivity index (χ1) is 8.67. The van der Waals surface area contributed by atoms with Crippen LogP contribution >= 0.6 is 0 Å². The maximum atomic E-state index is 10.5. The minimum atomic E-state index is -0.390. The summed E-state index contributed by atoms with van der Waals surface area (Å²) in [5.74, 6) is 0. The zero-order valence-electron chi connectivity index (χ0n) is 10.7. The highest BCUT2D eigenvalue weighted by Crippen LogP contribution is 2.12. The second kappa shape index (κ2) is 7.79. The Balaban J connectivity index is 2.48. The quantitative estimate of drug-likeness (QED) is 0.566. The van der Waals surface area contributed by atoms with Gasteiger partial charge >= 0.3 is 0 Å². The van der Waals surface area contributed by atoms with Crippen molar-refractivity contribution in [3.63, 3.8) is 0 Å². The summed E-state index contributed by atoms with van der Waals surface area (Å²) in [6.07, 6.45) is 1.90. The number of nitrogens with zero attached hydrogens (tertiary/aromatic N) is 2. The molecule has 1 aromatic carbocycles. The van der Waals surface area contributed by atoms with Gasteiger partial charge in [0, 0.05) is 25.2 Å². The third kappa shape index (κ3) is 4.81. The molecule has 0 saturated heterocycles. The van der Waals surface area contributed by atoms with Gasteiger partial charge in [-0.25, -0.2) is 0 Å². The van der Waals surface area contributed by atoms with Crippen molar-refractivity contribution in [2.45, 2.75) is 19.8 Å². The van der Waals surface area contributed by atoms with E-state index in [9.17, 15) is 10.1 Å². The lowest BCUT2D eigenvalue weighted by molar-refractivity contribution is -0.384. The number of rotatable bonds is 8. The van der Waals surface area contributed by atoms with Crippen molar-refractivity contribution in [3.8, 4) is 0 Å². The summed E-state index contributed by atoms with van der Waals surface area (Å²) < 4.78 is 0. The molecule has 0 saturated carbocycles. The van der Waals surface area contributed by atoms with Crippen molar-refractivity contribution in [1.29, 1.82) is 0 Å². The molecule has 0 bridgehead atoms. The van der Waals surface area contributed by atoms with Gasteiger partial charge < -0.3 is 10.0 Å². The van der Waals surface area contributed by atoms with Crippen LogP contribution in [0, 0.1) is 10.1 Å². The van der Waals surface area contributed by atoms with Crippen molar-refractivity contribution in [2.75, 3.05) is 26.2 Å². The topological polar surface area (TPSA) is 66.6 Å². The van der Waals surface area contributed by atoms with Gasteiger partial charge in [0.05, 0.1) is 11.5 Å². The number of aliphatic hydroxyl groups excluding tert-OH is 1. The fourth-order valence-electron chi connectivity index (χ4n) is 1.86. The maximum absolute atomic E-state index is 10.5. The SMILES string of the molecule is CCCN(CCO)CCc1ccc([N+](=O)[O-])cc1. The molecule has 0 aliphatic rings. The van der Waals surface area contributed by atoms with E-state index in [1.54, 1.807) is 12.1 Å². The Morgan fingerprint density at radius 1 is 1.22 bits per heavy atom. The van der Waals surface area contributed by atoms with Crippen LogP contribution in [0.5, 0.6) is 0 Å². The van der Waals surface area contributed by atoms with E-state index in [1.165, 1.54) is 12.1 Å². The van der Waals surface area contributed by atoms with Crippen LogP contribution in [0.2, 0.25) is 0 Å². The number of hydrogen-bond acceptors (Lipinski definition) is 4. The molecule has 1 aromatic rings. The molecule has 0 aliphatic heterocycles. The number of nitro groups is 1. The number of nitro benzene ring substituents is 1. The highest BCUT2D eigenvalue weighted by Gasteiger charge is 2.06. The van der Waals surface area contributed by atoms with Crippen molar-refractivity contribution >= 4 is 5.69 Å². The number of aliphatic hydroxyl groups is 1. The van der Waals surface area contributed by atoms with Crippen molar-refractivity contribution < 1.29 is 10.0 Å². The summed E-state index contributed by atoms with van der Waals surface area (Å²) in [5.41, 5.74) is 1.21. The molecule has 1 N–H and O–H groups in total. The van der Waals surface area contributed by atoms with E-state index in [-0.39, 0.29) is 17.2 Å².